The smallest absolute Gasteiger partial charge is 0.416 e. The van der Waals surface area contributed by atoms with Crippen molar-refractivity contribution in [3.63, 3.8) is 0 Å². The molecule has 0 aliphatic carbocycles. The van der Waals surface area contributed by atoms with Crippen LogP contribution in [-0.2, 0) is 12.6 Å². The molecule has 148 valence electrons. The molecule has 0 saturated heterocycles. The molecule has 3 rings (SSSR count). The maximum Gasteiger partial charge on any atom is 0.416 e. The number of aryl methyl sites for hydroxylation is 1. The Morgan fingerprint density at radius 2 is 1.86 bits per heavy atom. The molecule has 2 N–H and O–H groups in total. The zero-order valence-corrected chi connectivity index (χ0v) is 16.4. The number of hydrogen-bond donors (Lipinski definition) is 2. The van der Waals surface area contributed by atoms with Crippen LogP contribution in [0.2, 0.25) is 10.0 Å². The highest BCUT2D eigenvalue weighted by Crippen LogP contribution is 2.44. The number of rotatable bonds is 4. The van der Waals surface area contributed by atoms with Gasteiger partial charge in [0.05, 0.1) is 21.2 Å². The molecule has 1 aromatic heterocycles. The molecule has 8 heteroatoms. The van der Waals surface area contributed by atoms with Crippen molar-refractivity contribution in [1.29, 1.82) is 0 Å². The van der Waals surface area contributed by atoms with Gasteiger partial charge in [-0.15, -0.1) is 0 Å². The highest BCUT2D eigenvalue weighted by molar-refractivity contribution is 6.42. The summed E-state index contributed by atoms with van der Waals surface area (Å²) in [7, 11) is 1.55. The van der Waals surface area contributed by atoms with Crippen LogP contribution in [0.3, 0.4) is 0 Å². The van der Waals surface area contributed by atoms with Crippen LogP contribution in [0.15, 0.2) is 40.8 Å². The van der Waals surface area contributed by atoms with Crippen molar-refractivity contribution in [1.82, 2.24) is 0 Å². The van der Waals surface area contributed by atoms with Gasteiger partial charge >= 0.3 is 6.18 Å². The van der Waals surface area contributed by atoms with E-state index in [0.29, 0.717) is 15.6 Å². The molecule has 3 nitrogen and oxygen atoms in total. The first-order valence-electron chi connectivity index (χ1n) is 8.27. The number of furan rings is 1. The first-order valence-corrected chi connectivity index (χ1v) is 9.02. The number of halogens is 5. The average molecular weight is 430 g/mol. The summed E-state index contributed by atoms with van der Waals surface area (Å²) in [6, 6.07) is 8.14. The third kappa shape index (κ3) is 3.80. The van der Waals surface area contributed by atoms with E-state index in [4.69, 9.17) is 27.6 Å². The van der Waals surface area contributed by atoms with E-state index in [9.17, 15) is 18.3 Å². The summed E-state index contributed by atoms with van der Waals surface area (Å²) < 4.78 is 44.9. The fourth-order valence-corrected chi connectivity index (χ4v) is 3.41. The summed E-state index contributed by atoms with van der Waals surface area (Å²) in [5, 5.41) is 14.2. The minimum atomic E-state index is -4.50. The molecule has 0 unspecified atom stereocenters. The maximum atomic E-state index is 13.1. The van der Waals surface area contributed by atoms with Crippen LogP contribution in [-0.4, -0.2) is 12.2 Å². The first-order chi connectivity index (χ1) is 13.1. The fraction of sp³-hybridized carbons (Fsp3) is 0.200. The Labute approximate surface area is 169 Å². The lowest BCUT2D eigenvalue weighted by atomic mass is 10.0. The van der Waals surface area contributed by atoms with Gasteiger partial charge in [0.25, 0.3) is 0 Å². The van der Waals surface area contributed by atoms with Crippen molar-refractivity contribution >= 4 is 29.1 Å². The second kappa shape index (κ2) is 7.60. The van der Waals surface area contributed by atoms with E-state index >= 15 is 0 Å². The molecule has 0 amide bonds. The number of aromatic hydroxyl groups is 1. The van der Waals surface area contributed by atoms with Crippen LogP contribution in [0, 0.1) is 6.92 Å². The highest BCUT2D eigenvalue weighted by atomic mass is 35.5. The van der Waals surface area contributed by atoms with E-state index in [1.165, 1.54) is 12.1 Å². The Bertz CT molecular complexity index is 1030. The van der Waals surface area contributed by atoms with Crippen LogP contribution >= 0.6 is 23.2 Å². The largest absolute Gasteiger partial charge is 0.504 e. The predicted octanol–water partition coefficient (Wildman–Crippen LogP) is 6.92. The normalized spacial score (nSPS) is 11.7. The SMILES string of the molecule is CNc1oc(Cc2c(C)ccc(Cl)c2Cl)c(O)c1-c1cccc(C(F)(F)F)c1. The zero-order chi connectivity index (χ0) is 20.6. The van der Waals surface area contributed by atoms with Gasteiger partial charge in [-0.2, -0.15) is 13.2 Å². The van der Waals surface area contributed by atoms with Crippen LogP contribution in [0.4, 0.5) is 19.1 Å². The van der Waals surface area contributed by atoms with Crippen molar-refractivity contribution in [2.75, 3.05) is 12.4 Å². The van der Waals surface area contributed by atoms with E-state index < -0.39 is 11.7 Å². The lowest BCUT2D eigenvalue weighted by Crippen LogP contribution is -2.04. The molecular formula is C20H16Cl2F3NO2. The third-order valence-corrected chi connectivity index (χ3v) is 5.27. The van der Waals surface area contributed by atoms with Crippen LogP contribution < -0.4 is 5.32 Å². The standard InChI is InChI=1S/C20H16Cl2F3NO2/c1-10-6-7-14(21)17(22)13(10)9-15-18(27)16(19(26-2)28-15)11-4-3-5-12(8-11)20(23,24)25/h3-8,26-27H,9H2,1-2H3. The van der Waals surface area contributed by atoms with Crippen LogP contribution in [0.5, 0.6) is 5.75 Å². The average Bonchev–Trinajstić information content (AvgIpc) is 2.97. The van der Waals surface area contributed by atoms with E-state index in [1.807, 2.05) is 6.92 Å². The van der Waals surface area contributed by atoms with Gasteiger partial charge in [-0.3, -0.25) is 0 Å². The van der Waals surface area contributed by atoms with E-state index in [0.717, 1.165) is 17.7 Å². The third-order valence-electron chi connectivity index (χ3n) is 4.43. The van der Waals surface area contributed by atoms with Crippen LogP contribution in [0.1, 0.15) is 22.5 Å². The Balaban J connectivity index is 2.10. The second-order valence-corrected chi connectivity index (χ2v) is 7.03. The van der Waals surface area contributed by atoms with Crippen LogP contribution in [0.25, 0.3) is 11.1 Å². The Kier molecular flexibility index (Phi) is 5.55. The Morgan fingerprint density at radius 3 is 2.50 bits per heavy atom. The van der Waals surface area contributed by atoms with Gasteiger partial charge in [0.1, 0.15) is 0 Å². The lowest BCUT2D eigenvalue weighted by Gasteiger charge is -2.09. The molecule has 0 atom stereocenters. The second-order valence-electron chi connectivity index (χ2n) is 6.24. The minimum absolute atomic E-state index is 0.130. The van der Waals surface area contributed by atoms with Gasteiger partial charge in [-0.1, -0.05) is 41.4 Å². The highest BCUT2D eigenvalue weighted by Gasteiger charge is 2.31. The van der Waals surface area contributed by atoms with E-state index in [2.05, 4.69) is 5.32 Å². The molecule has 0 saturated carbocycles. The summed E-state index contributed by atoms with van der Waals surface area (Å²) in [6.45, 7) is 1.84. The monoisotopic (exact) mass is 429 g/mol. The molecule has 3 aromatic rings. The van der Waals surface area contributed by atoms with Gasteiger partial charge in [0.15, 0.2) is 11.5 Å². The molecule has 0 radical (unpaired) electrons. The van der Waals surface area contributed by atoms with Crippen molar-refractivity contribution in [3.05, 3.63) is 68.9 Å². The van der Waals surface area contributed by atoms with Gasteiger partial charge in [0.2, 0.25) is 5.88 Å². The zero-order valence-electron chi connectivity index (χ0n) is 14.9. The molecule has 0 bridgehead atoms. The molecular weight excluding hydrogens is 414 g/mol. The molecule has 0 aliphatic rings. The molecule has 0 fully saturated rings. The molecule has 2 aromatic carbocycles. The Morgan fingerprint density at radius 1 is 1.14 bits per heavy atom. The fourth-order valence-electron chi connectivity index (χ4n) is 2.95. The summed E-state index contributed by atoms with van der Waals surface area (Å²) in [5.74, 6) is 0.0748. The van der Waals surface area contributed by atoms with Crippen molar-refractivity contribution in [2.45, 2.75) is 19.5 Å². The quantitative estimate of drug-likeness (QED) is 0.472. The van der Waals surface area contributed by atoms with Crippen molar-refractivity contribution < 1.29 is 22.7 Å². The van der Waals surface area contributed by atoms with E-state index in [1.54, 1.807) is 19.2 Å². The van der Waals surface area contributed by atoms with Gasteiger partial charge in [-0.05, 0) is 41.8 Å². The molecule has 28 heavy (non-hydrogen) atoms. The summed E-state index contributed by atoms with van der Waals surface area (Å²) >= 11 is 12.3. The van der Waals surface area contributed by atoms with Gasteiger partial charge < -0.3 is 14.8 Å². The predicted molar refractivity (Wildman–Crippen MR) is 104 cm³/mol. The number of benzene rings is 2. The van der Waals surface area contributed by atoms with E-state index in [-0.39, 0.29) is 34.9 Å². The number of nitrogens with one attached hydrogen (secondary N) is 1. The molecule has 0 spiro atoms. The Hall–Kier alpha value is -2.31. The van der Waals surface area contributed by atoms with Crippen molar-refractivity contribution in [3.8, 4) is 16.9 Å². The number of anilines is 1. The summed E-state index contributed by atoms with van der Waals surface area (Å²) in [4.78, 5) is 0. The summed E-state index contributed by atoms with van der Waals surface area (Å²) in [6.07, 6.45) is -4.37. The maximum absolute atomic E-state index is 13.1. The first kappa shape index (κ1) is 20.4. The summed E-state index contributed by atoms with van der Waals surface area (Å²) in [5.41, 5.74) is 1.02. The van der Waals surface area contributed by atoms with Gasteiger partial charge in [-0.25, -0.2) is 0 Å². The number of alkyl halides is 3. The topological polar surface area (TPSA) is 45.4 Å². The number of hydrogen-bond acceptors (Lipinski definition) is 3. The minimum Gasteiger partial charge on any atom is -0.504 e. The lowest BCUT2D eigenvalue weighted by molar-refractivity contribution is -0.137. The van der Waals surface area contributed by atoms with Crippen molar-refractivity contribution in [2.24, 2.45) is 0 Å². The molecule has 0 aliphatic heterocycles. The van der Waals surface area contributed by atoms with Gasteiger partial charge in [0, 0.05) is 13.5 Å². The molecule has 1 heterocycles.